The lowest BCUT2D eigenvalue weighted by molar-refractivity contribution is -0.146. The van der Waals surface area contributed by atoms with Crippen LogP contribution in [0.4, 0.5) is 0 Å². The zero-order valence-corrected chi connectivity index (χ0v) is 39.6. The van der Waals surface area contributed by atoms with Crippen LogP contribution in [-0.2, 0) is 23.9 Å². The quantitative estimate of drug-likeness (QED) is 0.0373. The molecule has 0 unspecified atom stereocenters. The predicted molar refractivity (Wildman–Crippen MR) is 249 cm³/mol. The molecular formula is C51H100N2O5. The van der Waals surface area contributed by atoms with Gasteiger partial charge in [-0.15, -0.1) is 0 Å². The van der Waals surface area contributed by atoms with Crippen molar-refractivity contribution in [1.29, 1.82) is 0 Å². The van der Waals surface area contributed by atoms with Gasteiger partial charge >= 0.3 is 11.9 Å². The van der Waals surface area contributed by atoms with Gasteiger partial charge in [-0.25, -0.2) is 0 Å². The van der Waals surface area contributed by atoms with Crippen molar-refractivity contribution in [3.8, 4) is 0 Å². The Hall–Kier alpha value is -1.47. The van der Waals surface area contributed by atoms with Crippen molar-refractivity contribution in [2.24, 2.45) is 11.8 Å². The predicted octanol–water partition coefficient (Wildman–Crippen LogP) is 14.1. The van der Waals surface area contributed by atoms with Crippen molar-refractivity contribution in [2.45, 2.75) is 258 Å². The lowest BCUT2D eigenvalue weighted by atomic mass is 9.93. The summed E-state index contributed by atoms with van der Waals surface area (Å²) in [5, 5.41) is 3.56. The van der Waals surface area contributed by atoms with Gasteiger partial charge in [-0.2, -0.15) is 0 Å². The molecule has 0 aromatic carbocycles. The molecule has 0 amide bonds. The number of unbranched alkanes of at least 4 members (excludes halogenated alkanes) is 18. The summed E-state index contributed by atoms with van der Waals surface area (Å²) in [6.07, 6.45) is 42.9. The minimum atomic E-state index is 0.0276. The number of hydrogen-bond donors (Lipinski definition) is 1. The van der Waals surface area contributed by atoms with Crippen molar-refractivity contribution in [3.05, 3.63) is 0 Å². The highest BCUT2D eigenvalue weighted by Crippen LogP contribution is 2.22. The maximum absolute atomic E-state index is 12.3. The molecule has 1 aliphatic heterocycles. The fourth-order valence-corrected chi connectivity index (χ4v) is 8.41. The number of esters is 2. The van der Waals surface area contributed by atoms with Crippen LogP contribution in [0.5, 0.6) is 0 Å². The van der Waals surface area contributed by atoms with E-state index in [1.54, 1.807) is 0 Å². The summed E-state index contributed by atoms with van der Waals surface area (Å²) >= 11 is 0. The van der Waals surface area contributed by atoms with Gasteiger partial charge in [0.15, 0.2) is 0 Å². The monoisotopic (exact) mass is 821 g/mol. The van der Waals surface area contributed by atoms with Gasteiger partial charge in [-0.05, 0) is 96.2 Å². The Morgan fingerprint density at radius 2 is 0.862 bits per heavy atom. The molecule has 344 valence electrons. The van der Waals surface area contributed by atoms with Crippen LogP contribution in [0.3, 0.4) is 0 Å². The molecule has 1 fully saturated rings. The first-order valence-corrected chi connectivity index (χ1v) is 25.6. The molecule has 1 saturated heterocycles. The first-order chi connectivity index (χ1) is 28.4. The van der Waals surface area contributed by atoms with Gasteiger partial charge in [-0.1, -0.05) is 169 Å². The van der Waals surface area contributed by atoms with E-state index in [1.807, 2.05) is 0 Å². The SMILES string of the molecule is CCCCC(CCCC)CC(=O)OCCCCCCCCCCC(CCCCCCCCCCOC(=O)CC(CCCC)CCCC)NC.O=CCCN1CCCC1. The first-order valence-electron chi connectivity index (χ1n) is 25.6. The molecule has 0 spiro atoms. The number of nitrogens with zero attached hydrogens (tertiary/aromatic N) is 1. The van der Waals surface area contributed by atoms with E-state index in [-0.39, 0.29) is 11.9 Å². The number of nitrogens with one attached hydrogen (secondary N) is 1. The van der Waals surface area contributed by atoms with Crippen molar-refractivity contribution >= 4 is 18.2 Å². The molecular weight excluding hydrogens is 721 g/mol. The van der Waals surface area contributed by atoms with Crippen LogP contribution in [0.25, 0.3) is 0 Å². The van der Waals surface area contributed by atoms with Gasteiger partial charge in [0.05, 0.1) is 13.2 Å². The Labute approximate surface area is 361 Å². The van der Waals surface area contributed by atoms with Gasteiger partial charge < -0.3 is 24.5 Å². The molecule has 1 heterocycles. The Bertz CT molecular complexity index is 807. The van der Waals surface area contributed by atoms with E-state index in [4.69, 9.17) is 9.47 Å². The molecule has 0 aliphatic carbocycles. The molecule has 7 heteroatoms. The fraction of sp³-hybridized carbons (Fsp3) is 0.941. The molecule has 7 nitrogen and oxygen atoms in total. The highest BCUT2D eigenvalue weighted by Gasteiger charge is 2.16. The third-order valence-electron chi connectivity index (χ3n) is 12.4. The van der Waals surface area contributed by atoms with E-state index in [0.717, 1.165) is 25.7 Å². The summed E-state index contributed by atoms with van der Waals surface area (Å²) in [5.41, 5.74) is 0. The smallest absolute Gasteiger partial charge is 0.306 e. The zero-order valence-electron chi connectivity index (χ0n) is 39.6. The van der Waals surface area contributed by atoms with Crippen molar-refractivity contribution in [3.63, 3.8) is 0 Å². The number of likely N-dealkylation sites (tertiary alicyclic amines) is 1. The molecule has 0 radical (unpaired) electrons. The number of rotatable bonds is 42. The fourth-order valence-electron chi connectivity index (χ4n) is 8.41. The Morgan fingerprint density at radius 3 is 1.19 bits per heavy atom. The summed E-state index contributed by atoms with van der Waals surface area (Å²) in [6.45, 7) is 13.5. The average Bonchev–Trinajstić information content (AvgIpc) is 3.76. The second-order valence-electron chi connectivity index (χ2n) is 17.9. The van der Waals surface area contributed by atoms with Crippen LogP contribution in [0.2, 0.25) is 0 Å². The lowest BCUT2D eigenvalue weighted by Crippen LogP contribution is -2.24. The van der Waals surface area contributed by atoms with Crippen LogP contribution < -0.4 is 5.32 Å². The van der Waals surface area contributed by atoms with E-state index < -0.39 is 0 Å². The van der Waals surface area contributed by atoms with E-state index in [1.165, 1.54) is 206 Å². The van der Waals surface area contributed by atoms with Crippen molar-refractivity contribution < 1.29 is 23.9 Å². The van der Waals surface area contributed by atoms with Gasteiger partial charge in [-0.3, -0.25) is 9.59 Å². The van der Waals surface area contributed by atoms with Crippen molar-refractivity contribution in [2.75, 3.05) is 39.9 Å². The van der Waals surface area contributed by atoms with Crippen LogP contribution in [0.15, 0.2) is 0 Å². The maximum Gasteiger partial charge on any atom is 0.306 e. The summed E-state index contributed by atoms with van der Waals surface area (Å²) < 4.78 is 11.1. The third-order valence-corrected chi connectivity index (χ3v) is 12.4. The third kappa shape index (κ3) is 38.7. The highest BCUT2D eigenvalue weighted by molar-refractivity contribution is 5.70. The second-order valence-corrected chi connectivity index (χ2v) is 17.9. The van der Waals surface area contributed by atoms with Crippen LogP contribution in [0, 0.1) is 11.8 Å². The van der Waals surface area contributed by atoms with E-state index in [2.05, 4.69) is 45.0 Å². The minimum Gasteiger partial charge on any atom is -0.466 e. The topological polar surface area (TPSA) is 84.9 Å². The van der Waals surface area contributed by atoms with Gasteiger partial charge in [0.25, 0.3) is 0 Å². The van der Waals surface area contributed by atoms with Crippen molar-refractivity contribution in [1.82, 2.24) is 10.2 Å². The van der Waals surface area contributed by atoms with Gasteiger partial charge in [0.2, 0.25) is 0 Å². The zero-order chi connectivity index (χ0) is 42.6. The van der Waals surface area contributed by atoms with E-state index in [9.17, 15) is 14.4 Å². The largest absolute Gasteiger partial charge is 0.466 e. The van der Waals surface area contributed by atoms with E-state index >= 15 is 0 Å². The second kappa shape index (κ2) is 45.1. The molecule has 0 aromatic rings. The average molecular weight is 821 g/mol. The Balaban J connectivity index is 0.00000314. The van der Waals surface area contributed by atoms with Gasteiger partial charge in [0.1, 0.15) is 6.29 Å². The molecule has 1 N–H and O–H groups in total. The molecule has 58 heavy (non-hydrogen) atoms. The minimum absolute atomic E-state index is 0.0276. The summed E-state index contributed by atoms with van der Waals surface area (Å²) in [6, 6.07) is 0.674. The number of carbonyl (C=O) groups is 3. The standard InChI is InChI=1S/C44H87NO4.C7H13NO/c1-6-10-30-40(31-11-7-2)38-43(46)48-36-28-24-20-16-14-18-22-26-34-42(45-5)35-27-23-19-15-17-21-25-29-37-49-44(47)39-41(32-12-8-3)33-13-9-4;9-7-3-6-8-4-1-2-5-8/h40-42,45H,6-39H2,1-5H3;7H,1-6H2. The Kier molecular flexibility index (Phi) is 43.9. The van der Waals surface area contributed by atoms with Crippen LogP contribution in [0.1, 0.15) is 252 Å². The summed E-state index contributed by atoms with van der Waals surface area (Å²) in [7, 11) is 2.13. The molecule has 0 saturated carbocycles. The first kappa shape index (κ1) is 56.5. The van der Waals surface area contributed by atoms with Crippen LogP contribution >= 0.6 is 0 Å². The molecule has 0 atom stereocenters. The molecule has 0 bridgehead atoms. The highest BCUT2D eigenvalue weighted by atomic mass is 16.5. The lowest BCUT2D eigenvalue weighted by Gasteiger charge is -2.16. The summed E-state index contributed by atoms with van der Waals surface area (Å²) in [5.74, 6) is 1.10. The normalized spacial score (nSPS) is 13.0. The maximum atomic E-state index is 12.3. The van der Waals surface area contributed by atoms with Crippen LogP contribution in [-0.4, -0.2) is 69.1 Å². The Morgan fingerprint density at radius 1 is 0.517 bits per heavy atom. The molecule has 0 aromatic heterocycles. The number of hydrogen-bond acceptors (Lipinski definition) is 7. The number of carbonyl (C=O) groups excluding carboxylic acids is 3. The molecule has 1 rings (SSSR count). The van der Waals surface area contributed by atoms with E-state index in [0.29, 0.717) is 50.4 Å². The van der Waals surface area contributed by atoms with Gasteiger partial charge in [0, 0.05) is 31.8 Å². The number of aldehydes is 1. The molecule has 1 aliphatic rings. The number of ether oxygens (including phenoxy) is 2. The summed E-state index contributed by atoms with van der Waals surface area (Å²) in [4.78, 5) is 36.8.